The summed E-state index contributed by atoms with van der Waals surface area (Å²) in [6.45, 7) is 5.39. The van der Waals surface area contributed by atoms with E-state index in [1.54, 1.807) is 13.0 Å². The van der Waals surface area contributed by atoms with Crippen molar-refractivity contribution in [3.8, 4) is 0 Å². The molecule has 0 atom stereocenters. The number of rotatable bonds is 6. The van der Waals surface area contributed by atoms with Gasteiger partial charge in [-0.1, -0.05) is 6.07 Å². The molecule has 8 nitrogen and oxygen atoms in total. The van der Waals surface area contributed by atoms with Crippen molar-refractivity contribution in [1.82, 2.24) is 5.32 Å². The van der Waals surface area contributed by atoms with E-state index in [2.05, 4.69) is 10.6 Å². The van der Waals surface area contributed by atoms with Crippen LogP contribution in [0, 0.1) is 20.8 Å². The summed E-state index contributed by atoms with van der Waals surface area (Å²) in [7, 11) is 0. The quantitative estimate of drug-likeness (QED) is 0.449. The van der Waals surface area contributed by atoms with Crippen molar-refractivity contribution in [3.63, 3.8) is 0 Å². The van der Waals surface area contributed by atoms with Crippen LogP contribution in [0.4, 0.5) is 5.69 Å². The average molecular weight is 370 g/mol. The van der Waals surface area contributed by atoms with E-state index in [0.29, 0.717) is 5.69 Å². The van der Waals surface area contributed by atoms with Gasteiger partial charge >= 0.3 is 0 Å². The molecule has 0 unspecified atom stereocenters. The molecule has 1 aromatic carbocycles. The lowest BCUT2D eigenvalue weighted by Gasteiger charge is -2.07. The molecule has 27 heavy (non-hydrogen) atoms. The van der Waals surface area contributed by atoms with Crippen molar-refractivity contribution in [1.29, 1.82) is 0 Å². The highest BCUT2D eigenvalue weighted by Gasteiger charge is 2.24. The monoisotopic (exact) mass is 370 g/mol. The van der Waals surface area contributed by atoms with Gasteiger partial charge in [0, 0.05) is 23.7 Å². The van der Waals surface area contributed by atoms with Crippen LogP contribution < -0.4 is 22.1 Å². The summed E-state index contributed by atoms with van der Waals surface area (Å²) >= 11 is 0. The first-order chi connectivity index (χ1) is 12.7. The van der Waals surface area contributed by atoms with Crippen LogP contribution in [0.2, 0.25) is 0 Å². The fourth-order valence-electron chi connectivity index (χ4n) is 2.27. The number of nitrogens with one attached hydrogen (secondary N) is 2. The summed E-state index contributed by atoms with van der Waals surface area (Å²) in [5, 5.41) is 5.07. The molecule has 0 saturated heterocycles. The van der Waals surface area contributed by atoms with Gasteiger partial charge in [-0.2, -0.15) is 0 Å². The molecule has 142 valence electrons. The van der Waals surface area contributed by atoms with E-state index in [0.717, 1.165) is 17.3 Å². The van der Waals surface area contributed by atoms with Gasteiger partial charge in [-0.3, -0.25) is 14.4 Å². The molecule has 0 spiro atoms. The van der Waals surface area contributed by atoms with Gasteiger partial charge in [0.15, 0.2) is 5.76 Å². The number of ketones is 1. The fourth-order valence-corrected chi connectivity index (χ4v) is 2.27. The van der Waals surface area contributed by atoms with Crippen molar-refractivity contribution in [2.24, 2.45) is 11.5 Å². The average Bonchev–Trinajstić information content (AvgIpc) is 3.03. The zero-order chi connectivity index (χ0) is 20.1. The Kier molecular flexibility index (Phi) is 6.02. The first kappa shape index (κ1) is 19.8. The molecule has 2 amide bonds. The number of hydrogen-bond donors (Lipinski definition) is 4. The Bertz CT molecular complexity index is 928. The predicted octanol–water partition coefficient (Wildman–Crippen LogP) is 1.51. The fraction of sp³-hybridized carbons (Fsp3) is 0.211. The Hall–Kier alpha value is -3.55. The number of amides is 2. The summed E-state index contributed by atoms with van der Waals surface area (Å²) in [6, 6.07) is 6.77. The van der Waals surface area contributed by atoms with Crippen LogP contribution in [0.25, 0.3) is 0 Å². The smallest absolute Gasteiger partial charge is 0.296 e. The largest absolute Gasteiger partial charge is 0.457 e. The normalized spacial score (nSPS) is 11.1. The number of Topliss-reactive ketones (excluding diaryl/α,β-unsaturated/α-hetero) is 1. The van der Waals surface area contributed by atoms with Gasteiger partial charge in [-0.05, 0) is 44.0 Å². The van der Waals surface area contributed by atoms with E-state index >= 15 is 0 Å². The summed E-state index contributed by atoms with van der Waals surface area (Å²) in [5.74, 6) is -2.25. The van der Waals surface area contributed by atoms with Crippen molar-refractivity contribution < 1.29 is 18.8 Å². The molecule has 6 N–H and O–H groups in total. The summed E-state index contributed by atoms with van der Waals surface area (Å²) in [6.07, 6.45) is 1.12. The molecule has 1 heterocycles. The first-order valence-corrected chi connectivity index (χ1v) is 8.20. The van der Waals surface area contributed by atoms with Gasteiger partial charge in [0.25, 0.3) is 17.6 Å². The first-order valence-electron chi connectivity index (χ1n) is 8.20. The van der Waals surface area contributed by atoms with E-state index in [1.807, 2.05) is 26.0 Å². The third kappa shape index (κ3) is 4.75. The van der Waals surface area contributed by atoms with Gasteiger partial charge in [-0.25, -0.2) is 0 Å². The number of carbonyl (C=O) groups excluding carboxylic acids is 3. The molecule has 0 aliphatic heterocycles. The Balaban J connectivity index is 2.12. The maximum Gasteiger partial charge on any atom is 0.296 e. The number of furan rings is 1. The van der Waals surface area contributed by atoms with Crippen LogP contribution in [0.3, 0.4) is 0 Å². The lowest BCUT2D eigenvalue weighted by molar-refractivity contribution is -0.116. The number of aryl methyl sites for hydroxylation is 3. The minimum atomic E-state index is -0.909. The highest BCUT2D eigenvalue weighted by atomic mass is 16.4. The highest BCUT2D eigenvalue weighted by Crippen LogP contribution is 2.19. The molecule has 0 radical (unpaired) electrons. The maximum absolute atomic E-state index is 12.5. The third-order valence-corrected chi connectivity index (χ3v) is 4.02. The minimum absolute atomic E-state index is 0.0686. The van der Waals surface area contributed by atoms with Crippen molar-refractivity contribution in [2.45, 2.75) is 20.8 Å². The molecule has 0 bridgehead atoms. The van der Waals surface area contributed by atoms with Crippen molar-refractivity contribution in [2.75, 3.05) is 11.9 Å². The minimum Gasteiger partial charge on any atom is -0.457 e. The van der Waals surface area contributed by atoms with Gasteiger partial charge in [0.05, 0.1) is 12.1 Å². The molecule has 0 saturated carbocycles. The number of anilines is 1. The van der Waals surface area contributed by atoms with E-state index in [4.69, 9.17) is 15.9 Å². The highest BCUT2D eigenvalue weighted by molar-refractivity contribution is 6.42. The van der Waals surface area contributed by atoms with E-state index in [-0.39, 0.29) is 29.3 Å². The predicted molar refractivity (Wildman–Crippen MR) is 101 cm³/mol. The van der Waals surface area contributed by atoms with Crippen LogP contribution in [0.5, 0.6) is 0 Å². The van der Waals surface area contributed by atoms with Crippen LogP contribution in [0.1, 0.15) is 37.8 Å². The molecule has 0 aliphatic rings. The van der Waals surface area contributed by atoms with E-state index < -0.39 is 17.6 Å². The molecule has 0 fully saturated rings. The van der Waals surface area contributed by atoms with Crippen LogP contribution in [-0.4, -0.2) is 24.1 Å². The topological polar surface area (TPSA) is 140 Å². The molecule has 8 heteroatoms. The van der Waals surface area contributed by atoms with Gasteiger partial charge < -0.3 is 26.5 Å². The lowest BCUT2D eigenvalue weighted by atomic mass is 10.1. The number of carbonyl (C=O) groups is 3. The van der Waals surface area contributed by atoms with Gasteiger partial charge in [-0.15, -0.1) is 0 Å². The summed E-state index contributed by atoms with van der Waals surface area (Å²) in [4.78, 5) is 36.5. The van der Waals surface area contributed by atoms with Gasteiger partial charge in [0.2, 0.25) is 0 Å². The number of benzene rings is 1. The zero-order valence-corrected chi connectivity index (χ0v) is 15.4. The van der Waals surface area contributed by atoms with Crippen LogP contribution in [0.15, 0.2) is 40.6 Å². The van der Waals surface area contributed by atoms with E-state index in [1.165, 1.54) is 6.07 Å². The molecular formula is C19H22N4O4. The number of hydrogen-bond acceptors (Lipinski definition) is 6. The van der Waals surface area contributed by atoms with Crippen LogP contribution >= 0.6 is 0 Å². The second-order valence-corrected chi connectivity index (χ2v) is 6.09. The third-order valence-electron chi connectivity index (χ3n) is 4.02. The standard InChI is InChI=1S/C19H22N4O4/c1-10-4-5-14(6-11(10)2)23-18(25)15-7-16(27-12(15)3)17(24)19(26)22-9-13(21)8-20/h4-8H,9,20-21H2,1-3H3,(H,22,26)(H,23,25)/b13-8-. The van der Waals surface area contributed by atoms with Crippen molar-refractivity contribution in [3.05, 3.63) is 64.4 Å². The molecule has 2 rings (SSSR count). The summed E-state index contributed by atoms with van der Waals surface area (Å²) < 4.78 is 5.29. The Morgan fingerprint density at radius 1 is 1.11 bits per heavy atom. The molecule has 1 aromatic heterocycles. The Morgan fingerprint density at radius 2 is 1.81 bits per heavy atom. The SMILES string of the molecule is Cc1ccc(NC(=O)c2cc(C(=O)C(=O)NC/C(N)=C/N)oc2C)cc1C. The Morgan fingerprint density at radius 3 is 2.44 bits per heavy atom. The lowest BCUT2D eigenvalue weighted by Crippen LogP contribution is -2.34. The van der Waals surface area contributed by atoms with E-state index in [9.17, 15) is 14.4 Å². The van der Waals surface area contributed by atoms with Crippen LogP contribution in [-0.2, 0) is 4.79 Å². The molecule has 0 aliphatic carbocycles. The summed E-state index contributed by atoms with van der Waals surface area (Å²) in [5.41, 5.74) is 13.8. The second-order valence-electron chi connectivity index (χ2n) is 6.09. The Labute approximate surface area is 156 Å². The van der Waals surface area contributed by atoms with Crippen molar-refractivity contribution >= 4 is 23.3 Å². The second kappa shape index (κ2) is 8.22. The maximum atomic E-state index is 12.5. The molecule has 2 aromatic rings. The zero-order valence-electron chi connectivity index (χ0n) is 15.4. The number of nitrogens with two attached hydrogens (primary N) is 2. The van der Waals surface area contributed by atoms with Gasteiger partial charge in [0.1, 0.15) is 5.76 Å². The molecular weight excluding hydrogens is 348 g/mol.